The SMILES string of the molecule is C\C=C/C(=C(F)\C=C(/C)F)c1ccc2c(NC)nc(/C(C)=C/C=C\NC)nc2c1. The quantitative estimate of drug-likeness (QED) is 0.569. The molecule has 6 heteroatoms. The smallest absolute Gasteiger partial charge is 0.157 e. The lowest BCUT2D eigenvalue weighted by Gasteiger charge is -2.11. The van der Waals surface area contributed by atoms with Gasteiger partial charge in [0, 0.05) is 31.1 Å². The van der Waals surface area contributed by atoms with Gasteiger partial charge in [-0.1, -0.05) is 24.3 Å². The van der Waals surface area contributed by atoms with E-state index in [1.165, 1.54) is 6.92 Å². The minimum Gasteiger partial charge on any atom is -0.394 e. The number of nitrogens with zero attached hydrogens (tertiary/aromatic N) is 2. The van der Waals surface area contributed by atoms with Crippen molar-refractivity contribution in [3.63, 3.8) is 0 Å². The fraction of sp³-hybridized carbons (Fsp3) is 0.217. The monoisotopic (exact) mass is 396 g/mol. The van der Waals surface area contributed by atoms with E-state index in [1.807, 2.05) is 32.2 Å². The van der Waals surface area contributed by atoms with Gasteiger partial charge in [-0.2, -0.15) is 0 Å². The van der Waals surface area contributed by atoms with Gasteiger partial charge >= 0.3 is 0 Å². The number of anilines is 1. The first-order valence-electron chi connectivity index (χ1n) is 9.28. The lowest BCUT2D eigenvalue weighted by atomic mass is 10.0. The van der Waals surface area contributed by atoms with Gasteiger partial charge in [0.1, 0.15) is 11.6 Å². The molecule has 2 N–H and O–H groups in total. The third-order valence-corrected chi connectivity index (χ3v) is 4.12. The molecule has 4 nitrogen and oxygen atoms in total. The fourth-order valence-electron chi connectivity index (χ4n) is 2.76. The molecule has 1 heterocycles. The molecule has 0 fully saturated rings. The van der Waals surface area contributed by atoms with Crippen LogP contribution in [0.15, 0.2) is 66.4 Å². The van der Waals surface area contributed by atoms with E-state index in [4.69, 9.17) is 0 Å². The highest BCUT2D eigenvalue weighted by molar-refractivity contribution is 5.93. The summed E-state index contributed by atoms with van der Waals surface area (Å²) in [6, 6.07) is 5.40. The van der Waals surface area contributed by atoms with E-state index in [2.05, 4.69) is 20.6 Å². The maximum atomic E-state index is 14.6. The van der Waals surface area contributed by atoms with E-state index in [0.717, 1.165) is 17.0 Å². The number of nitrogens with one attached hydrogen (secondary N) is 2. The number of halogens is 2. The molecular formula is C23H26F2N4. The largest absolute Gasteiger partial charge is 0.394 e. The number of hydrogen-bond acceptors (Lipinski definition) is 4. The first-order chi connectivity index (χ1) is 13.9. The molecule has 0 atom stereocenters. The van der Waals surface area contributed by atoms with Crippen LogP contribution in [0.5, 0.6) is 0 Å². The molecule has 0 unspecified atom stereocenters. The molecule has 0 aliphatic carbocycles. The van der Waals surface area contributed by atoms with Crippen molar-refractivity contribution in [3.8, 4) is 0 Å². The van der Waals surface area contributed by atoms with E-state index in [9.17, 15) is 8.78 Å². The highest BCUT2D eigenvalue weighted by Gasteiger charge is 2.12. The van der Waals surface area contributed by atoms with E-state index >= 15 is 0 Å². The van der Waals surface area contributed by atoms with Gasteiger partial charge in [-0.25, -0.2) is 18.7 Å². The summed E-state index contributed by atoms with van der Waals surface area (Å²) in [5.41, 5.74) is 2.44. The van der Waals surface area contributed by atoms with Gasteiger partial charge < -0.3 is 10.6 Å². The van der Waals surface area contributed by atoms with E-state index in [0.29, 0.717) is 28.3 Å². The molecular weight excluding hydrogens is 370 g/mol. The molecule has 2 aromatic rings. The highest BCUT2D eigenvalue weighted by Crippen LogP contribution is 2.29. The number of allylic oxidation sites excluding steroid dienone is 9. The van der Waals surface area contributed by atoms with Crippen molar-refractivity contribution < 1.29 is 8.78 Å². The van der Waals surface area contributed by atoms with Crippen molar-refractivity contribution in [2.24, 2.45) is 0 Å². The Balaban J connectivity index is 2.69. The van der Waals surface area contributed by atoms with Crippen LogP contribution in [0.4, 0.5) is 14.6 Å². The van der Waals surface area contributed by atoms with Gasteiger partial charge in [0.15, 0.2) is 5.82 Å². The van der Waals surface area contributed by atoms with Crippen LogP contribution < -0.4 is 10.6 Å². The van der Waals surface area contributed by atoms with Crippen LogP contribution in [0.25, 0.3) is 22.0 Å². The van der Waals surface area contributed by atoms with Crippen molar-refractivity contribution >= 4 is 27.9 Å². The summed E-state index contributed by atoms with van der Waals surface area (Å²) in [6.45, 7) is 4.92. The Morgan fingerprint density at radius 2 is 1.86 bits per heavy atom. The number of aromatic nitrogens is 2. The summed E-state index contributed by atoms with van der Waals surface area (Å²) in [7, 11) is 3.61. The predicted octanol–water partition coefficient (Wildman–Crippen LogP) is 5.94. The molecule has 0 radical (unpaired) electrons. The Morgan fingerprint density at radius 1 is 1.10 bits per heavy atom. The van der Waals surface area contributed by atoms with Crippen molar-refractivity contribution in [2.45, 2.75) is 20.8 Å². The van der Waals surface area contributed by atoms with Gasteiger partial charge in [0.25, 0.3) is 0 Å². The summed E-state index contributed by atoms with van der Waals surface area (Å²) in [6.07, 6.45) is 9.79. The molecule has 0 aliphatic heterocycles. The van der Waals surface area contributed by atoms with Crippen LogP contribution in [0.2, 0.25) is 0 Å². The molecule has 1 aromatic heterocycles. The highest BCUT2D eigenvalue weighted by atomic mass is 19.1. The molecule has 2 rings (SSSR count). The van der Waals surface area contributed by atoms with E-state index in [1.54, 1.807) is 44.5 Å². The van der Waals surface area contributed by atoms with Crippen LogP contribution in [-0.2, 0) is 0 Å². The first-order valence-corrected chi connectivity index (χ1v) is 9.28. The second-order valence-corrected chi connectivity index (χ2v) is 6.37. The average Bonchev–Trinajstić information content (AvgIpc) is 2.70. The van der Waals surface area contributed by atoms with Crippen LogP contribution >= 0.6 is 0 Å². The van der Waals surface area contributed by atoms with E-state index < -0.39 is 11.7 Å². The Bertz CT molecular complexity index is 1030. The molecule has 1 aromatic carbocycles. The van der Waals surface area contributed by atoms with Gasteiger partial charge in [0.2, 0.25) is 0 Å². The molecule has 0 amide bonds. The van der Waals surface area contributed by atoms with E-state index in [-0.39, 0.29) is 0 Å². The third-order valence-electron chi connectivity index (χ3n) is 4.12. The Labute approximate surface area is 170 Å². The van der Waals surface area contributed by atoms with Crippen molar-refractivity contribution in [3.05, 3.63) is 77.8 Å². The van der Waals surface area contributed by atoms with Crippen molar-refractivity contribution in [1.29, 1.82) is 0 Å². The van der Waals surface area contributed by atoms with Gasteiger partial charge in [-0.3, -0.25) is 0 Å². The lowest BCUT2D eigenvalue weighted by Crippen LogP contribution is -2.01. The minimum absolute atomic E-state index is 0.293. The molecule has 0 saturated carbocycles. The number of rotatable bonds is 7. The lowest BCUT2D eigenvalue weighted by molar-refractivity contribution is 0.616. The molecule has 0 bridgehead atoms. The summed E-state index contributed by atoms with van der Waals surface area (Å²) >= 11 is 0. The molecule has 0 spiro atoms. The Kier molecular flexibility index (Phi) is 7.83. The summed E-state index contributed by atoms with van der Waals surface area (Å²) in [4.78, 5) is 9.23. The zero-order valence-electron chi connectivity index (χ0n) is 17.3. The minimum atomic E-state index is -0.640. The van der Waals surface area contributed by atoms with Gasteiger partial charge in [0.05, 0.1) is 11.3 Å². The predicted molar refractivity (Wildman–Crippen MR) is 119 cm³/mol. The summed E-state index contributed by atoms with van der Waals surface area (Å²) in [5.74, 6) is 0.0105. The standard InChI is InChI=1S/C23H26F2N4/c1-6-8-18(20(25)13-16(3)24)17-10-11-19-21(14-17)28-22(29-23(19)27-5)15(2)9-7-12-26-4/h6-14,26H,1-5H3,(H,27,28,29)/b8-6-,12-7-,15-9+,16-13+,20-18-. The molecule has 0 saturated heterocycles. The number of benzene rings is 1. The molecule has 152 valence electrons. The van der Waals surface area contributed by atoms with Crippen molar-refractivity contribution in [1.82, 2.24) is 15.3 Å². The topological polar surface area (TPSA) is 49.8 Å². The zero-order chi connectivity index (χ0) is 21.4. The second kappa shape index (κ2) is 10.3. The maximum absolute atomic E-state index is 14.6. The van der Waals surface area contributed by atoms with Crippen LogP contribution in [0.1, 0.15) is 32.2 Å². The molecule has 0 aliphatic rings. The number of fused-ring (bicyclic) bond motifs is 1. The normalized spacial score (nSPS) is 14.0. The summed E-state index contributed by atoms with van der Waals surface area (Å²) < 4.78 is 27.8. The average molecular weight is 396 g/mol. The Morgan fingerprint density at radius 3 is 2.48 bits per heavy atom. The maximum Gasteiger partial charge on any atom is 0.157 e. The summed E-state index contributed by atoms with van der Waals surface area (Å²) in [5, 5.41) is 6.83. The third kappa shape index (κ3) is 5.60. The Hall–Kier alpha value is -3.28. The fourth-order valence-corrected chi connectivity index (χ4v) is 2.76. The van der Waals surface area contributed by atoms with Crippen LogP contribution in [0, 0.1) is 0 Å². The van der Waals surface area contributed by atoms with Crippen LogP contribution in [0.3, 0.4) is 0 Å². The first kappa shape index (κ1) is 22.0. The van der Waals surface area contributed by atoms with Gasteiger partial charge in [-0.15, -0.1) is 0 Å². The number of hydrogen-bond donors (Lipinski definition) is 2. The zero-order valence-corrected chi connectivity index (χ0v) is 17.3. The second-order valence-electron chi connectivity index (χ2n) is 6.37. The van der Waals surface area contributed by atoms with Crippen molar-refractivity contribution in [2.75, 3.05) is 19.4 Å². The van der Waals surface area contributed by atoms with Crippen LogP contribution in [-0.4, -0.2) is 24.1 Å². The molecule has 29 heavy (non-hydrogen) atoms. The van der Waals surface area contributed by atoms with Gasteiger partial charge in [-0.05, 0) is 56.3 Å².